The summed E-state index contributed by atoms with van der Waals surface area (Å²) >= 11 is 0. The Morgan fingerprint density at radius 2 is 1.97 bits per heavy atom. The van der Waals surface area contributed by atoms with E-state index >= 15 is 0 Å². The van der Waals surface area contributed by atoms with Gasteiger partial charge < -0.3 is 15.7 Å². The lowest BCUT2D eigenvalue weighted by molar-refractivity contribution is 0.194. The minimum absolute atomic E-state index is 0.112. The molecule has 0 radical (unpaired) electrons. The zero-order valence-electron chi connectivity index (χ0n) is 18.9. The van der Waals surface area contributed by atoms with Gasteiger partial charge in [0.25, 0.3) is 5.56 Å². The molecule has 0 aliphatic carbocycles. The predicted octanol–water partition coefficient (Wildman–Crippen LogP) is 3.00. The van der Waals surface area contributed by atoms with Gasteiger partial charge in [-0.25, -0.2) is 14.3 Å². The molecule has 1 aliphatic heterocycles. The molecule has 3 N–H and O–H groups in total. The van der Waals surface area contributed by atoms with Gasteiger partial charge >= 0.3 is 0 Å². The molecule has 1 unspecified atom stereocenters. The van der Waals surface area contributed by atoms with E-state index in [0.717, 1.165) is 25.2 Å². The molecule has 3 aromatic heterocycles. The fourth-order valence-corrected chi connectivity index (χ4v) is 4.26. The van der Waals surface area contributed by atoms with Gasteiger partial charge in [-0.2, -0.15) is 4.98 Å². The summed E-state index contributed by atoms with van der Waals surface area (Å²) in [6.45, 7) is 7.39. The summed E-state index contributed by atoms with van der Waals surface area (Å²) < 4.78 is 3.42. The number of aromatic nitrogens is 5. The summed E-state index contributed by atoms with van der Waals surface area (Å²) in [6.07, 6.45) is 3.49. The van der Waals surface area contributed by atoms with Crippen molar-refractivity contribution in [1.82, 2.24) is 29.6 Å². The van der Waals surface area contributed by atoms with E-state index < -0.39 is 6.10 Å². The van der Waals surface area contributed by atoms with Gasteiger partial charge in [0.15, 0.2) is 5.65 Å². The fraction of sp³-hybridized carbons (Fsp3) is 0.333. The molecule has 5 rings (SSSR count). The van der Waals surface area contributed by atoms with Crippen LogP contribution in [-0.2, 0) is 13.0 Å². The smallest absolute Gasteiger partial charge is 0.278 e. The number of benzene rings is 1. The van der Waals surface area contributed by atoms with Crippen LogP contribution in [0.5, 0.6) is 0 Å². The molecule has 0 amide bonds. The molecule has 9 heteroatoms. The number of fused-ring (bicyclic) bond motifs is 2. The topological polar surface area (TPSA) is 110 Å². The standard InChI is InChI=1S/C24H27N7O2/c1-14(2)30-23(33)20-13-27-24(28-18-5-4-16-6-8-25-12-17(16)10-18)29-22(20)31(30)19-7-9-26-21(11-19)15(3)32/h4-5,7,9-11,13-15,25,32H,6,8,12H2,1-3H3,(H,27,28,29). The number of rotatable bonds is 5. The summed E-state index contributed by atoms with van der Waals surface area (Å²) in [7, 11) is 0. The van der Waals surface area contributed by atoms with Crippen LogP contribution in [0.1, 0.15) is 49.7 Å². The van der Waals surface area contributed by atoms with Crippen LogP contribution < -0.4 is 16.2 Å². The third kappa shape index (κ3) is 3.90. The molecule has 1 atom stereocenters. The third-order valence-electron chi connectivity index (χ3n) is 5.90. The van der Waals surface area contributed by atoms with Crippen LogP contribution >= 0.6 is 0 Å². The Kier molecular flexibility index (Phi) is 5.43. The Morgan fingerprint density at radius 1 is 1.12 bits per heavy atom. The first-order valence-electron chi connectivity index (χ1n) is 11.2. The van der Waals surface area contributed by atoms with Gasteiger partial charge in [0.05, 0.1) is 17.5 Å². The molecule has 0 spiro atoms. The Labute approximate surface area is 191 Å². The van der Waals surface area contributed by atoms with Crippen molar-refractivity contribution in [2.24, 2.45) is 0 Å². The van der Waals surface area contributed by atoms with Crippen molar-refractivity contribution in [2.45, 2.75) is 45.9 Å². The first-order valence-corrected chi connectivity index (χ1v) is 11.2. The number of aliphatic hydroxyl groups is 1. The summed E-state index contributed by atoms with van der Waals surface area (Å²) in [5, 5.41) is 17.1. The number of hydrogen-bond donors (Lipinski definition) is 3. The number of pyridine rings is 1. The Morgan fingerprint density at radius 3 is 2.76 bits per heavy atom. The Hall–Kier alpha value is -3.56. The summed E-state index contributed by atoms with van der Waals surface area (Å²) in [6, 6.07) is 9.74. The highest BCUT2D eigenvalue weighted by molar-refractivity contribution is 5.77. The van der Waals surface area contributed by atoms with E-state index in [4.69, 9.17) is 4.98 Å². The van der Waals surface area contributed by atoms with Gasteiger partial charge in [-0.1, -0.05) is 6.07 Å². The number of aliphatic hydroxyl groups excluding tert-OH is 1. The van der Waals surface area contributed by atoms with Crippen LogP contribution in [-0.4, -0.2) is 36.0 Å². The van der Waals surface area contributed by atoms with Crippen molar-refractivity contribution in [3.8, 4) is 5.69 Å². The lowest BCUT2D eigenvalue weighted by atomic mass is 10.0. The van der Waals surface area contributed by atoms with Crippen LogP contribution in [0.4, 0.5) is 11.6 Å². The normalized spacial score (nSPS) is 14.5. The second-order valence-electron chi connectivity index (χ2n) is 8.64. The second kappa shape index (κ2) is 8.42. The number of nitrogens with one attached hydrogen (secondary N) is 2. The van der Waals surface area contributed by atoms with E-state index in [-0.39, 0.29) is 11.6 Å². The van der Waals surface area contributed by atoms with Crippen molar-refractivity contribution in [3.63, 3.8) is 0 Å². The summed E-state index contributed by atoms with van der Waals surface area (Å²) in [4.78, 5) is 26.5. The van der Waals surface area contributed by atoms with E-state index in [1.54, 1.807) is 40.8 Å². The maximum Gasteiger partial charge on any atom is 0.278 e. The largest absolute Gasteiger partial charge is 0.387 e. The zero-order valence-corrected chi connectivity index (χ0v) is 18.9. The van der Waals surface area contributed by atoms with E-state index in [1.165, 1.54) is 11.1 Å². The molecular formula is C24H27N7O2. The summed E-state index contributed by atoms with van der Waals surface area (Å²) in [5.41, 5.74) is 5.06. The maximum absolute atomic E-state index is 13.2. The SMILES string of the molecule is CC(O)c1cc(-n2c3nc(Nc4ccc5c(c4)CNCC5)ncc3c(=O)n2C(C)C)ccn1. The van der Waals surface area contributed by atoms with E-state index in [1.807, 2.05) is 19.9 Å². The molecule has 33 heavy (non-hydrogen) atoms. The quantitative estimate of drug-likeness (QED) is 0.433. The molecule has 4 heterocycles. The van der Waals surface area contributed by atoms with Crippen molar-refractivity contribution < 1.29 is 5.11 Å². The molecule has 0 saturated heterocycles. The second-order valence-corrected chi connectivity index (χ2v) is 8.64. The molecule has 170 valence electrons. The lowest BCUT2D eigenvalue weighted by Gasteiger charge is -2.18. The molecule has 0 saturated carbocycles. The fourth-order valence-electron chi connectivity index (χ4n) is 4.26. The molecule has 0 bridgehead atoms. The minimum Gasteiger partial charge on any atom is -0.387 e. The highest BCUT2D eigenvalue weighted by Crippen LogP contribution is 2.24. The van der Waals surface area contributed by atoms with E-state index in [0.29, 0.717) is 28.4 Å². The predicted molar refractivity (Wildman–Crippen MR) is 127 cm³/mol. The Balaban J connectivity index is 1.62. The first kappa shape index (κ1) is 21.3. The van der Waals surface area contributed by atoms with Crippen molar-refractivity contribution in [2.75, 3.05) is 11.9 Å². The lowest BCUT2D eigenvalue weighted by Crippen LogP contribution is -2.24. The molecule has 1 aliphatic rings. The third-order valence-corrected chi connectivity index (χ3v) is 5.90. The van der Waals surface area contributed by atoms with Gasteiger partial charge in [0, 0.05) is 30.7 Å². The average Bonchev–Trinajstić information content (AvgIpc) is 3.11. The van der Waals surface area contributed by atoms with E-state index in [2.05, 4.69) is 32.7 Å². The first-order chi connectivity index (χ1) is 15.9. The monoisotopic (exact) mass is 445 g/mol. The Bertz CT molecular complexity index is 1390. The van der Waals surface area contributed by atoms with Gasteiger partial charge in [-0.15, -0.1) is 0 Å². The molecule has 9 nitrogen and oxygen atoms in total. The highest BCUT2D eigenvalue weighted by Gasteiger charge is 2.20. The number of anilines is 2. The van der Waals surface area contributed by atoms with Crippen LogP contribution in [0.3, 0.4) is 0 Å². The van der Waals surface area contributed by atoms with Crippen LogP contribution in [0.15, 0.2) is 47.5 Å². The minimum atomic E-state index is -0.726. The number of hydrogen-bond acceptors (Lipinski definition) is 7. The van der Waals surface area contributed by atoms with Crippen molar-refractivity contribution >= 4 is 22.7 Å². The highest BCUT2D eigenvalue weighted by atomic mass is 16.3. The van der Waals surface area contributed by atoms with Crippen LogP contribution in [0.2, 0.25) is 0 Å². The summed E-state index contributed by atoms with van der Waals surface area (Å²) in [5.74, 6) is 0.408. The average molecular weight is 446 g/mol. The maximum atomic E-state index is 13.2. The van der Waals surface area contributed by atoms with Gasteiger partial charge in [-0.05, 0) is 69.1 Å². The molecule has 1 aromatic carbocycles. The number of nitrogens with zero attached hydrogens (tertiary/aromatic N) is 5. The van der Waals surface area contributed by atoms with Crippen LogP contribution in [0, 0.1) is 0 Å². The molecule has 0 fully saturated rings. The molecular weight excluding hydrogens is 418 g/mol. The van der Waals surface area contributed by atoms with Crippen LogP contribution in [0.25, 0.3) is 16.7 Å². The van der Waals surface area contributed by atoms with Crippen molar-refractivity contribution in [1.29, 1.82) is 0 Å². The van der Waals surface area contributed by atoms with Crippen molar-refractivity contribution in [3.05, 3.63) is 69.9 Å². The van der Waals surface area contributed by atoms with Gasteiger partial charge in [0.2, 0.25) is 5.95 Å². The zero-order chi connectivity index (χ0) is 23.1. The van der Waals surface area contributed by atoms with E-state index in [9.17, 15) is 9.90 Å². The van der Waals surface area contributed by atoms with Gasteiger partial charge in [-0.3, -0.25) is 9.78 Å². The molecule has 4 aromatic rings. The van der Waals surface area contributed by atoms with Gasteiger partial charge in [0.1, 0.15) is 5.39 Å².